The van der Waals surface area contributed by atoms with Crippen molar-refractivity contribution in [2.24, 2.45) is 21.2 Å². The van der Waals surface area contributed by atoms with Crippen molar-refractivity contribution in [3.05, 3.63) is 16.3 Å². The molecule has 1 amide bonds. The molecule has 0 saturated carbocycles. The van der Waals surface area contributed by atoms with E-state index in [9.17, 15) is 9.00 Å². The molecule has 0 aromatic carbocycles. The minimum absolute atomic E-state index is 0.180. The summed E-state index contributed by atoms with van der Waals surface area (Å²) in [7, 11) is -3.32. The Morgan fingerprint density at radius 1 is 1.63 bits per heavy atom. The number of thiophene rings is 1. The van der Waals surface area contributed by atoms with Gasteiger partial charge in [0.2, 0.25) is 0 Å². The number of nitriles is 1. The molecule has 0 aliphatic carbocycles. The third kappa shape index (κ3) is 4.40. The molecular weight excluding hydrogens is 284 g/mol. The van der Waals surface area contributed by atoms with Crippen LogP contribution in [0.15, 0.2) is 20.7 Å². The van der Waals surface area contributed by atoms with Crippen LogP contribution in [0.25, 0.3) is 0 Å². The summed E-state index contributed by atoms with van der Waals surface area (Å²) in [6.07, 6.45) is 0.449. The summed E-state index contributed by atoms with van der Waals surface area (Å²) in [4.78, 5) is 12.3. The smallest absolute Gasteiger partial charge is 0.271 e. The molecule has 1 rings (SSSR count). The minimum Gasteiger partial charge on any atom is -0.320 e. The highest BCUT2D eigenvalue weighted by atomic mass is 32.2. The normalized spacial score (nSPS) is 15.6. The molecule has 1 heterocycles. The lowest BCUT2D eigenvalue weighted by atomic mass is 10.0. The van der Waals surface area contributed by atoms with Gasteiger partial charge in [-0.25, -0.2) is 9.35 Å². The molecule has 0 radical (unpaired) electrons. The van der Waals surface area contributed by atoms with Gasteiger partial charge in [-0.2, -0.15) is 5.26 Å². The summed E-state index contributed by atoms with van der Waals surface area (Å²) < 4.78 is 15.7. The van der Waals surface area contributed by atoms with E-state index < -0.39 is 21.9 Å². The van der Waals surface area contributed by atoms with Gasteiger partial charge in [-0.05, 0) is 18.4 Å². The molecule has 0 aliphatic heterocycles. The van der Waals surface area contributed by atoms with E-state index in [1.54, 1.807) is 0 Å². The fourth-order valence-corrected chi connectivity index (χ4v) is 3.52. The van der Waals surface area contributed by atoms with Crippen LogP contribution in [0, 0.1) is 17.2 Å². The van der Waals surface area contributed by atoms with Gasteiger partial charge in [0.1, 0.15) is 20.9 Å². The summed E-state index contributed by atoms with van der Waals surface area (Å²) in [5, 5.41) is 15.7. The van der Waals surface area contributed by atoms with E-state index in [4.69, 9.17) is 16.1 Å². The van der Waals surface area contributed by atoms with Crippen molar-refractivity contribution >= 4 is 27.2 Å². The highest BCUT2D eigenvalue weighted by Gasteiger charge is 2.18. The van der Waals surface area contributed by atoms with Crippen molar-refractivity contribution < 1.29 is 9.00 Å². The maximum Gasteiger partial charge on any atom is 0.271 e. The van der Waals surface area contributed by atoms with Crippen molar-refractivity contribution in [3.63, 3.8) is 0 Å². The highest BCUT2D eigenvalue weighted by Crippen LogP contribution is 2.18. The molecule has 19 heavy (non-hydrogen) atoms. The SMILES string of the molecule is CC(C)C[C@H](N)C(=O)N=S(N)(=O)c1csc(C#N)c1. The maximum atomic E-state index is 12.1. The second-order valence-corrected chi connectivity index (χ2v) is 7.20. The third-order valence-corrected chi connectivity index (χ3v) is 4.64. The summed E-state index contributed by atoms with van der Waals surface area (Å²) in [6, 6.07) is 2.47. The Labute approximate surface area is 116 Å². The van der Waals surface area contributed by atoms with Gasteiger partial charge in [-0.15, -0.1) is 15.7 Å². The zero-order valence-electron chi connectivity index (χ0n) is 10.7. The number of nitrogens with two attached hydrogens (primary N) is 2. The lowest BCUT2D eigenvalue weighted by Crippen LogP contribution is -2.32. The first kappa shape index (κ1) is 15.8. The van der Waals surface area contributed by atoms with Gasteiger partial charge in [0.15, 0.2) is 0 Å². The molecule has 8 heteroatoms. The Morgan fingerprint density at radius 3 is 2.74 bits per heavy atom. The largest absolute Gasteiger partial charge is 0.320 e. The molecule has 2 atom stereocenters. The fourth-order valence-electron chi connectivity index (χ4n) is 1.39. The molecule has 1 unspecified atom stereocenters. The zero-order chi connectivity index (χ0) is 14.6. The van der Waals surface area contributed by atoms with Crippen LogP contribution < -0.4 is 10.9 Å². The van der Waals surface area contributed by atoms with Gasteiger partial charge < -0.3 is 5.73 Å². The molecular formula is C11H16N4O2S2. The van der Waals surface area contributed by atoms with Crippen molar-refractivity contribution in [1.29, 1.82) is 5.26 Å². The third-order valence-electron chi connectivity index (χ3n) is 2.29. The Balaban J connectivity index is 2.99. The number of hydrogen-bond donors (Lipinski definition) is 2. The molecule has 0 saturated heterocycles. The van der Waals surface area contributed by atoms with Crippen LogP contribution >= 0.6 is 11.3 Å². The van der Waals surface area contributed by atoms with E-state index in [2.05, 4.69) is 4.36 Å². The van der Waals surface area contributed by atoms with Crippen molar-refractivity contribution in [2.75, 3.05) is 0 Å². The van der Waals surface area contributed by atoms with E-state index in [0.29, 0.717) is 11.3 Å². The van der Waals surface area contributed by atoms with Gasteiger partial charge in [-0.3, -0.25) is 4.79 Å². The topological polar surface area (TPSA) is 122 Å². The average molecular weight is 300 g/mol. The quantitative estimate of drug-likeness (QED) is 0.867. The standard InChI is InChI=1S/C11H16N4O2S2/c1-7(2)3-10(13)11(16)15-19(14,17)9-4-8(5-12)18-6-9/h4,6-7,10H,3,13H2,1-2H3,(H2,14,15,16,17)/t10-,19?/m0/s1. The number of carbonyl (C=O) groups excluding carboxylic acids is 1. The zero-order valence-corrected chi connectivity index (χ0v) is 12.3. The molecule has 0 fully saturated rings. The van der Waals surface area contributed by atoms with Crippen LogP contribution in [0.5, 0.6) is 0 Å². The van der Waals surface area contributed by atoms with E-state index in [1.165, 1.54) is 11.4 Å². The second-order valence-electron chi connectivity index (χ2n) is 4.49. The van der Waals surface area contributed by atoms with Crippen LogP contribution in [-0.2, 0) is 14.7 Å². The Bertz CT molecular complexity index is 621. The lowest BCUT2D eigenvalue weighted by molar-refractivity contribution is -0.119. The van der Waals surface area contributed by atoms with Crippen molar-refractivity contribution in [3.8, 4) is 6.07 Å². The van der Waals surface area contributed by atoms with E-state index in [1.807, 2.05) is 19.9 Å². The molecule has 104 valence electrons. The van der Waals surface area contributed by atoms with Gasteiger partial charge in [0.05, 0.1) is 10.9 Å². The molecule has 4 N–H and O–H groups in total. The summed E-state index contributed by atoms with van der Waals surface area (Å²) in [5.74, 6) is -0.444. The lowest BCUT2D eigenvalue weighted by Gasteiger charge is -2.10. The van der Waals surface area contributed by atoms with E-state index >= 15 is 0 Å². The molecule has 1 aromatic rings. The van der Waals surface area contributed by atoms with Crippen LogP contribution in [0.1, 0.15) is 25.1 Å². The Kier molecular flexibility index (Phi) is 5.20. The molecule has 0 aliphatic rings. The Morgan fingerprint density at radius 2 is 2.26 bits per heavy atom. The first-order valence-electron chi connectivity index (χ1n) is 5.59. The Hall–Kier alpha value is -1.27. The summed E-state index contributed by atoms with van der Waals surface area (Å²) in [6.45, 7) is 3.84. The number of hydrogen-bond acceptors (Lipinski definition) is 5. The van der Waals surface area contributed by atoms with Crippen LogP contribution in [-0.4, -0.2) is 16.2 Å². The number of nitrogens with zero attached hydrogens (tertiary/aromatic N) is 2. The highest BCUT2D eigenvalue weighted by molar-refractivity contribution is 7.91. The number of rotatable bonds is 4. The molecule has 6 nitrogen and oxygen atoms in total. The van der Waals surface area contributed by atoms with Crippen LogP contribution in [0.4, 0.5) is 0 Å². The van der Waals surface area contributed by atoms with Gasteiger partial charge >= 0.3 is 0 Å². The second kappa shape index (κ2) is 6.25. The molecule has 0 spiro atoms. The predicted molar refractivity (Wildman–Crippen MR) is 74.5 cm³/mol. The molecule has 0 bridgehead atoms. The van der Waals surface area contributed by atoms with Gasteiger partial charge in [-0.1, -0.05) is 13.8 Å². The van der Waals surface area contributed by atoms with Gasteiger partial charge in [0.25, 0.3) is 5.91 Å². The molecule has 1 aromatic heterocycles. The van der Waals surface area contributed by atoms with Crippen molar-refractivity contribution in [2.45, 2.75) is 31.2 Å². The van der Waals surface area contributed by atoms with Crippen molar-refractivity contribution in [1.82, 2.24) is 0 Å². The first-order valence-corrected chi connectivity index (χ1v) is 8.05. The summed E-state index contributed by atoms with van der Waals surface area (Å²) >= 11 is 1.10. The summed E-state index contributed by atoms with van der Waals surface area (Å²) in [5.41, 5.74) is 5.66. The minimum atomic E-state index is -3.32. The number of amides is 1. The first-order chi connectivity index (χ1) is 8.76. The van der Waals surface area contributed by atoms with E-state index in [-0.39, 0.29) is 10.8 Å². The van der Waals surface area contributed by atoms with Crippen LogP contribution in [0.2, 0.25) is 0 Å². The predicted octanol–water partition coefficient (Wildman–Crippen LogP) is 1.22. The van der Waals surface area contributed by atoms with Crippen LogP contribution in [0.3, 0.4) is 0 Å². The van der Waals surface area contributed by atoms with Gasteiger partial charge in [0, 0.05) is 5.38 Å². The number of carbonyl (C=O) groups is 1. The van der Waals surface area contributed by atoms with E-state index in [0.717, 1.165) is 11.3 Å². The maximum absolute atomic E-state index is 12.1. The monoisotopic (exact) mass is 300 g/mol. The average Bonchev–Trinajstić information content (AvgIpc) is 2.76. The fraction of sp³-hybridized carbons (Fsp3) is 0.455.